The van der Waals surface area contributed by atoms with E-state index in [4.69, 9.17) is 9.97 Å². The second-order valence-corrected chi connectivity index (χ2v) is 6.49. The first kappa shape index (κ1) is 17.0. The summed E-state index contributed by atoms with van der Waals surface area (Å²) in [7, 11) is 0. The zero-order valence-electron chi connectivity index (χ0n) is 15.5. The number of benzene rings is 1. The summed E-state index contributed by atoms with van der Waals surface area (Å²) in [6.07, 6.45) is 10.6. The predicted molar refractivity (Wildman–Crippen MR) is 111 cm³/mol. The molecule has 7 heteroatoms. The highest BCUT2D eigenvalue weighted by molar-refractivity contribution is 5.90. The SMILES string of the molecule is c1ccc2c(NCc3ccnc(-n4ccnc4)c3)nc(-c3ccncc3)nc2c1. The van der Waals surface area contributed by atoms with Crippen molar-refractivity contribution in [3.8, 4) is 17.2 Å². The molecule has 0 aliphatic rings. The normalized spacial score (nSPS) is 10.9. The number of para-hydroxylation sites is 1. The van der Waals surface area contributed by atoms with Gasteiger partial charge in [0.05, 0.1) is 5.52 Å². The number of imidazole rings is 1. The van der Waals surface area contributed by atoms with E-state index in [0.29, 0.717) is 12.4 Å². The molecule has 7 nitrogen and oxygen atoms in total. The van der Waals surface area contributed by atoms with E-state index in [1.165, 1.54) is 0 Å². The van der Waals surface area contributed by atoms with Gasteiger partial charge in [-0.15, -0.1) is 0 Å². The molecule has 0 atom stereocenters. The van der Waals surface area contributed by atoms with Crippen LogP contribution in [0.1, 0.15) is 5.56 Å². The second-order valence-electron chi connectivity index (χ2n) is 6.49. The lowest BCUT2D eigenvalue weighted by atomic mass is 10.2. The Bertz CT molecular complexity index is 1250. The van der Waals surface area contributed by atoms with Crippen molar-refractivity contribution in [3.63, 3.8) is 0 Å². The van der Waals surface area contributed by atoms with Crippen LogP contribution < -0.4 is 5.32 Å². The van der Waals surface area contributed by atoms with Crippen LogP contribution in [0.3, 0.4) is 0 Å². The molecule has 0 aliphatic heterocycles. The highest BCUT2D eigenvalue weighted by Gasteiger charge is 2.09. The molecule has 0 saturated heterocycles. The van der Waals surface area contributed by atoms with Gasteiger partial charge in [-0.2, -0.15) is 0 Å². The van der Waals surface area contributed by atoms with Crippen LogP contribution in [-0.4, -0.2) is 29.5 Å². The van der Waals surface area contributed by atoms with Gasteiger partial charge in [0.1, 0.15) is 18.0 Å². The Morgan fingerprint density at radius 1 is 0.862 bits per heavy atom. The molecular formula is C22H17N7. The Hall–Kier alpha value is -4.13. The molecule has 0 unspecified atom stereocenters. The van der Waals surface area contributed by atoms with Crippen LogP contribution in [0.5, 0.6) is 0 Å². The zero-order valence-corrected chi connectivity index (χ0v) is 15.5. The summed E-state index contributed by atoms with van der Waals surface area (Å²) in [6, 6.07) is 15.8. The van der Waals surface area contributed by atoms with Gasteiger partial charge in [-0.1, -0.05) is 12.1 Å². The molecule has 0 fully saturated rings. The number of pyridine rings is 2. The quantitative estimate of drug-likeness (QED) is 0.499. The van der Waals surface area contributed by atoms with E-state index in [1.54, 1.807) is 31.1 Å². The van der Waals surface area contributed by atoms with Crippen molar-refractivity contribution >= 4 is 16.7 Å². The van der Waals surface area contributed by atoms with Crippen molar-refractivity contribution in [1.82, 2.24) is 29.5 Å². The first-order valence-electron chi connectivity index (χ1n) is 9.21. The third-order valence-corrected chi connectivity index (χ3v) is 4.58. The van der Waals surface area contributed by atoms with Gasteiger partial charge >= 0.3 is 0 Å². The zero-order chi connectivity index (χ0) is 19.5. The van der Waals surface area contributed by atoms with Gasteiger partial charge in [-0.3, -0.25) is 9.55 Å². The lowest BCUT2D eigenvalue weighted by Crippen LogP contribution is -2.05. The fourth-order valence-corrected chi connectivity index (χ4v) is 3.13. The summed E-state index contributed by atoms with van der Waals surface area (Å²) < 4.78 is 1.88. The minimum absolute atomic E-state index is 0.612. The standard InChI is InChI=1S/C22H17N7/c1-2-4-19-18(3-1)22(28-21(27-19)17-6-8-23-9-7-17)26-14-16-5-10-25-20(13-16)29-12-11-24-15-29/h1-13,15H,14H2,(H,26,27,28). The second kappa shape index (κ2) is 7.47. The van der Waals surface area contributed by atoms with Crippen LogP contribution in [0.15, 0.2) is 85.8 Å². The minimum atomic E-state index is 0.612. The van der Waals surface area contributed by atoms with Crippen LogP contribution in [0, 0.1) is 0 Å². The molecule has 4 heterocycles. The fourth-order valence-electron chi connectivity index (χ4n) is 3.13. The molecule has 140 valence electrons. The smallest absolute Gasteiger partial charge is 0.162 e. The van der Waals surface area contributed by atoms with Crippen molar-refractivity contribution in [2.45, 2.75) is 6.54 Å². The van der Waals surface area contributed by atoms with E-state index in [2.05, 4.69) is 20.3 Å². The molecule has 0 bridgehead atoms. The number of fused-ring (bicyclic) bond motifs is 1. The van der Waals surface area contributed by atoms with Crippen molar-refractivity contribution in [3.05, 3.63) is 91.4 Å². The number of aromatic nitrogens is 6. The largest absolute Gasteiger partial charge is 0.365 e. The highest BCUT2D eigenvalue weighted by atomic mass is 15.1. The van der Waals surface area contributed by atoms with E-state index in [-0.39, 0.29) is 0 Å². The van der Waals surface area contributed by atoms with Gasteiger partial charge < -0.3 is 5.32 Å². The molecule has 5 rings (SSSR count). The third kappa shape index (κ3) is 3.53. The molecule has 29 heavy (non-hydrogen) atoms. The summed E-state index contributed by atoms with van der Waals surface area (Å²) in [6.45, 7) is 0.612. The Morgan fingerprint density at radius 2 is 1.76 bits per heavy atom. The lowest BCUT2D eigenvalue weighted by Gasteiger charge is -2.12. The van der Waals surface area contributed by atoms with Gasteiger partial charge in [0.15, 0.2) is 5.82 Å². The van der Waals surface area contributed by atoms with E-state index < -0.39 is 0 Å². The van der Waals surface area contributed by atoms with Crippen LogP contribution in [-0.2, 0) is 6.54 Å². The molecule has 0 amide bonds. The highest BCUT2D eigenvalue weighted by Crippen LogP contribution is 2.25. The topological polar surface area (TPSA) is 81.4 Å². The van der Waals surface area contributed by atoms with Crippen molar-refractivity contribution in [1.29, 1.82) is 0 Å². The Morgan fingerprint density at radius 3 is 2.62 bits per heavy atom. The number of hydrogen-bond donors (Lipinski definition) is 1. The van der Waals surface area contributed by atoms with Gasteiger partial charge in [0, 0.05) is 48.5 Å². The van der Waals surface area contributed by atoms with Crippen LogP contribution >= 0.6 is 0 Å². The predicted octanol–water partition coefficient (Wildman–Crippen LogP) is 3.88. The first-order chi connectivity index (χ1) is 14.4. The lowest BCUT2D eigenvalue weighted by molar-refractivity contribution is 0.977. The van der Waals surface area contributed by atoms with Crippen LogP contribution in [0.2, 0.25) is 0 Å². The molecule has 1 aromatic carbocycles. The Labute approximate surface area is 167 Å². The molecule has 1 N–H and O–H groups in total. The van der Waals surface area contributed by atoms with Crippen LogP contribution in [0.4, 0.5) is 5.82 Å². The molecule has 0 aliphatic carbocycles. The van der Waals surface area contributed by atoms with Gasteiger partial charge in [-0.25, -0.2) is 19.9 Å². The first-order valence-corrected chi connectivity index (χ1v) is 9.21. The molecule has 4 aromatic heterocycles. The van der Waals surface area contributed by atoms with E-state index in [1.807, 2.05) is 59.3 Å². The molecule has 5 aromatic rings. The maximum Gasteiger partial charge on any atom is 0.162 e. The number of rotatable bonds is 5. The van der Waals surface area contributed by atoms with Crippen molar-refractivity contribution in [2.24, 2.45) is 0 Å². The van der Waals surface area contributed by atoms with Crippen molar-refractivity contribution < 1.29 is 0 Å². The summed E-state index contributed by atoms with van der Waals surface area (Å²) in [5, 5.41) is 4.45. The maximum atomic E-state index is 4.78. The summed E-state index contributed by atoms with van der Waals surface area (Å²) in [4.78, 5) is 22.0. The summed E-state index contributed by atoms with van der Waals surface area (Å²) in [5.74, 6) is 2.29. The van der Waals surface area contributed by atoms with Gasteiger partial charge in [-0.05, 0) is 42.0 Å². The van der Waals surface area contributed by atoms with Gasteiger partial charge in [0.2, 0.25) is 0 Å². The monoisotopic (exact) mass is 379 g/mol. The average molecular weight is 379 g/mol. The average Bonchev–Trinajstić information content (AvgIpc) is 3.33. The molecule has 0 saturated carbocycles. The number of nitrogens with one attached hydrogen (secondary N) is 1. The number of anilines is 1. The van der Waals surface area contributed by atoms with Crippen molar-refractivity contribution in [2.75, 3.05) is 5.32 Å². The van der Waals surface area contributed by atoms with E-state index in [9.17, 15) is 0 Å². The van der Waals surface area contributed by atoms with Crippen LogP contribution in [0.25, 0.3) is 28.1 Å². The number of nitrogens with zero attached hydrogens (tertiary/aromatic N) is 6. The molecule has 0 radical (unpaired) electrons. The Kier molecular flexibility index (Phi) is 4.38. The minimum Gasteiger partial charge on any atom is -0.365 e. The van der Waals surface area contributed by atoms with E-state index >= 15 is 0 Å². The fraction of sp³-hybridized carbons (Fsp3) is 0.0455. The maximum absolute atomic E-state index is 4.78. The molecule has 0 spiro atoms. The number of hydrogen-bond acceptors (Lipinski definition) is 6. The molecular weight excluding hydrogens is 362 g/mol. The third-order valence-electron chi connectivity index (χ3n) is 4.58. The summed E-state index contributed by atoms with van der Waals surface area (Å²) in [5.41, 5.74) is 2.92. The van der Waals surface area contributed by atoms with Gasteiger partial charge in [0.25, 0.3) is 0 Å². The summed E-state index contributed by atoms with van der Waals surface area (Å²) >= 11 is 0. The van der Waals surface area contributed by atoms with E-state index in [0.717, 1.165) is 33.7 Å². The Balaban J connectivity index is 1.48.